The predicted octanol–water partition coefficient (Wildman–Crippen LogP) is 4.02. The number of hydrogen-bond donors (Lipinski definition) is 2. The summed E-state index contributed by atoms with van der Waals surface area (Å²) in [7, 11) is 0. The van der Waals surface area contributed by atoms with Crippen LogP contribution >= 0.6 is 15.9 Å². The van der Waals surface area contributed by atoms with E-state index in [9.17, 15) is 15.2 Å². The molecule has 0 atom stereocenters. The summed E-state index contributed by atoms with van der Waals surface area (Å²) in [5.41, 5.74) is 0.805. The molecule has 1 aromatic carbocycles. The molecule has 0 bridgehead atoms. The van der Waals surface area contributed by atoms with E-state index < -0.39 is 5.60 Å². The maximum absolute atomic E-state index is 10.9. The molecule has 1 aliphatic carbocycles. The molecule has 0 saturated heterocycles. The molecule has 2 N–H and O–H groups in total. The van der Waals surface area contributed by atoms with E-state index in [2.05, 4.69) is 28.2 Å². The third-order valence-electron chi connectivity index (χ3n) is 4.30. The van der Waals surface area contributed by atoms with Crippen LogP contribution in [-0.2, 0) is 0 Å². The van der Waals surface area contributed by atoms with Crippen molar-refractivity contribution in [3.63, 3.8) is 0 Å². The van der Waals surface area contributed by atoms with E-state index in [1.807, 2.05) is 0 Å². The number of benzene rings is 1. The number of nitro benzene ring substituents is 1. The number of nitrogens with one attached hydrogen (secondary N) is 1. The normalized spacial score (nSPS) is 25.6. The SMILES string of the molecule is Cc1cc(NCC2(O)CCC(C)CC2)c(Br)cc1[N+](=O)[O-]. The topological polar surface area (TPSA) is 75.4 Å². The molecule has 1 fully saturated rings. The van der Waals surface area contributed by atoms with Gasteiger partial charge in [0.25, 0.3) is 5.69 Å². The molecule has 0 aliphatic heterocycles. The Kier molecular flexibility index (Phi) is 4.88. The number of aliphatic hydroxyl groups is 1. The van der Waals surface area contributed by atoms with E-state index in [1.54, 1.807) is 13.0 Å². The van der Waals surface area contributed by atoms with Crippen LogP contribution in [0.3, 0.4) is 0 Å². The molecular weight excluding hydrogens is 336 g/mol. The van der Waals surface area contributed by atoms with Crippen LogP contribution in [0.1, 0.15) is 38.2 Å². The second-order valence-electron chi connectivity index (χ2n) is 6.14. The Bertz CT molecular complexity index is 540. The molecule has 0 spiro atoms. The summed E-state index contributed by atoms with van der Waals surface area (Å²) in [6.07, 6.45) is 3.67. The van der Waals surface area contributed by atoms with Crippen LogP contribution in [-0.4, -0.2) is 22.2 Å². The lowest BCUT2D eigenvalue weighted by molar-refractivity contribution is -0.385. The third-order valence-corrected chi connectivity index (χ3v) is 4.95. The molecule has 0 heterocycles. The first-order valence-electron chi connectivity index (χ1n) is 7.21. The van der Waals surface area contributed by atoms with Gasteiger partial charge in [-0.3, -0.25) is 10.1 Å². The summed E-state index contributed by atoms with van der Waals surface area (Å²) in [5, 5.41) is 24.7. The Balaban J connectivity index is 2.07. The Morgan fingerprint density at radius 2 is 2.10 bits per heavy atom. The molecule has 0 radical (unpaired) electrons. The molecule has 2 rings (SSSR count). The summed E-state index contributed by atoms with van der Waals surface area (Å²) < 4.78 is 0.646. The number of rotatable bonds is 4. The van der Waals surface area contributed by atoms with E-state index >= 15 is 0 Å². The monoisotopic (exact) mass is 356 g/mol. The fraction of sp³-hybridized carbons (Fsp3) is 0.600. The summed E-state index contributed by atoms with van der Waals surface area (Å²) in [6, 6.07) is 3.25. The van der Waals surface area contributed by atoms with Crippen LogP contribution in [0.15, 0.2) is 16.6 Å². The summed E-state index contributed by atoms with van der Waals surface area (Å²) in [4.78, 5) is 10.5. The van der Waals surface area contributed by atoms with Gasteiger partial charge in [-0.2, -0.15) is 0 Å². The fourth-order valence-corrected chi connectivity index (χ4v) is 3.21. The molecule has 21 heavy (non-hydrogen) atoms. The lowest BCUT2D eigenvalue weighted by Gasteiger charge is -2.35. The number of halogens is 1. The molecule has 0 unspecified atom stereocenters. The van der Waals surface area contributed by atoms with E-state index in [0.29, 0.717) is 22.5 Å². The first-order valence-corrected chi connectivity index (χ1v) is 8.01. The number of nitro groups is 1. The van der Waals surface area contributed by atoms with Gasteiger partial charge in [-0.15, -0.1) is 0 Å². The van der Waals surface area contributed by atoms with E-state index in [-0.39, 0.29) is 10.6 Å². The molecule has 0 amide bonds. The minimum absolute atomic E-state index is 0.0950. The summed E-state index contributed by atoms with van der Waals surface area (Å²) in [5.74, 6) is 0.679. The van der Waals surface area contributed by atoms with Crippen molar-refractivity contribution in [2.24, 2.45) is 5.92 Å². The van der Waals surface area contributed by atoms with Gasteiger partial charge in [-0.25, -0.2) is 0 Å². The zero-order valence-corrected chi connectivity index (χ0v) is 13.9. The quantitative estimate of drug-likeness (QED) is 0.630. The van der Waals surface area contributed by atoms with Crippen molar-refractivity contribution < 1.29 is 10.0 Å². The molecule has 5 nitrogen and oxygen atoms in total. The van der Waals surface area contributed by atoms with Crippen LogP contribution < -0.4 is 5.32 Å². The Morgan fingerprint density at radius 3 is 2.67 bits per heavy atom. The maximum Gasteiger partial charge on any atom is 0.273 e. The lowest BCUT2D eigenvalue weighted by atomic mass is 9.79. The molecule has 1 saturated carbocycles. The highest BCUT2D eigenvalue weighted by atomic mass is 79.9. The maximum atomic E-state index is 10.9. The predicted molar refractivity (Wildman–Crippen MR) is 86.6 cm³/mol. The van der Waals surface area contributed by atoms with Gasteiger partial charge in [-0.1, -0.05) is 6.92 Å². The molecule has 116 valence electrons. The van der Waals surface area contributed by atoms with Crippen LogP contribution in [0.4, 0.5) is 11.4 Å². The van der Waals surface area contributed by atoms with Crippen molar-refractivity contribution in [1.29, 1.82) is 0 Å². The van der Waals surface area contributed by atoms with Gasteiger partial charge in [0.05, 0.1) is 10.5 Å². The Hall–Kier alpha value is -1.14. The fourth-order valence-electron chi connectivity index (χ4n) is 2.74. The standard InChI is InChI=1S/C15H21BrN2O3/c1-10-3-5-15(19,6-4-10)9-17-13-7-11(2)14(18(20)21)8-12(13)16/h7-8,10,17,19H,3-6,9H2,1-2H3. The van der Waals surface area contributed by atoms with E-state index in [0.717, 1.165) is 31.4 Å². The first-order chi connectivity index (χ1) is 9.81. The van der Waals surface area contributed by atoms with Gasteiger partial charge in [-0.05, 0) is 60.5 Å². The summed E-state index contributed by atoms with van der Waals surface area (Å²) in [6.45, 7) is 4.39. The number of nitrogens with zero attached hydrogens (tertiary/aromatic N) is 1. The highest BCUT2D eigenvalue weighted by Gasteiger charge is 2.31. The van der Waals surface area contributed by atoms with Crippen LogP contribution in [0.2, 0.25) is 0 Å². The van der Waals surface area contributed by atoms with Crippen molar-refractivity contribution in [2.75, 3.05) is 11.9 Å². The van der Waals surface area contributed by atoms with Gasteiger partial charge < -0.3 is 10.4 Å². The zero-order chi connectivity index (χ0) is 15.6. The third kappa shape index (κ3) is 3.95. The second-order valence-corrected chi connectivity index (χ2v) is 6.99. The van der Waals surface area contributed by atoms with Gasteiger partial charge >= 0.3 is 0 Å². The van der Waals surface area contributed by atoms with Crippen molar-refractivity contribution in [2.45, 2.75) is 45.1 Å². The van der Waals surface area contributed by atoms with Gasteiger partial charge in [0.1, 0.15) is 0 Å². The highest BCUT2D eigenvalue weighted by molar-refractivity contribution is 9.10. The van der Waals surface area contributed by atoms with Gasteiger partial charge in [0.15, 0.2) is 0 Å². The zero-order valence-electron chi connectivity index (χ0n) is 12.4. The molecule has 1 aliphatic rings. The first kappa shape index (κ1) is 16.2. The Morgan fingerprint density at radius 1 is 1.48 bits per heavy atom. The van der Waals surface area contributed by atoms with Crippen molar-refractivity contribution in [1.82, 2.24) is 0 Å². The van der Waals surface area contributed by atoms with Gasteiger partial charge in [0.2, 0.25) is 0 Å². The van der Waals surface area contributed by atoms with Crippen LogP contribution in [0.25, 0.3) is 0 Å². The van der Waals surface area contributed by atoms with E-state index in [4.69, 9.17) is 0 Å². The number of hydrogen-bond acceptors (Lipinski definition) is 4. The summed E-state index contributed by atoms with van der Waals surface area (Å²) >= 11 is 3.35. The highest BCUT2D eigenvalue weighted by Crippen LogP contribution is 2.34. The molecule has 0 aromatic heterocycles. The Labute approximate surface area is 133 Å². The number of anilines is 1. The average molecular weight is 357 g/mol. The smallest absolute Gasteiger partial charge is 0.273 e. The van der Waals surface area contributed by atoms with Crippen LogP contribution in [0.5, 0.6) is 0 Å². The minimum atomic E-state index is -0.679. The second kappa shape index (κ2) is 6.32. The average Bonchev–Trinajstić information content (AvgIpc) is 2.43. The van der Waals surface area contributed by atoms with E-state index in [1.165, 1.54) is 6.07 Å². The van der Waals surface area contributed by atoms with Crippen LogP contribution in [0, 0.1) is 23.0 Å². The van der Waals surface area contributed by atoms with Gasteiger partial charge in [0, 0.05) is 28.3 Å². The molecular formula is C15H21BrN2O3. The number of aryl methyl sites for hydroxylation is 1. The molecule has 1 aromatic rings. The minimum Gasteiger partial charge on any atom is -0.388 e. The van der Waals surface area contributed by atoms with Crippen molar-refractivity contribution in [3.8, 4) is 0 Å². The largest absolute Gasteiger partial charge is 0.388 e. The van der Waals surface area contributed by atoms with Crippen molar-refractivity contribution in [3.05, 3.63) is 32.3 Å². The van der Waals surface area contributed by atoms with Crippen molar-refractivity contribution >= 4 is 27.3 Å². The molecule has 6 heteroatoms. The lowest BCUT2D eigenvalue weighted by Crippen LogP contribution is -2.40.